The van der Waals surface area contributed by atoms with Crippen LogP contribution in [0.3, 0.4) is 0 Å². The molecule has 3 aromatic rings. The number of nitrogens with zero attached hydrogens (tertiary/aromatic N) is 1. The molecule has 0 bridgehead atoms. The molecule has 0 aromatic heterocycles. The van der Waals surface area contributed by atoms with E-state index in [0.717, 1.165) is 11.1 Å². The first-order chi connectivity index (χ1) is 13.4. The van der Waals surface area contributed by atoms with Crippen molar-refractivity contribution in [1.29, 1.82) is 0 Å². The van der Waals surface area contributed by atoms with Crippen LogP contribution in [-0.4, -0.2) is 12.0 Å². The highest BCUT2D eigenvalue weighted by atomic mass is 35.5. The van der Waals surface area contributed by atoms with Gasteiger partial charge in [-0.1, -0.05) is 46.9 Å². The number of hydrogen-bond donors (Lipinski definition) is 0. The molecule has 0 aliphatic carbocycles. The van der Waals surface area contributed by atoms with Gasteiger partial charge in [-0.25, -0.2) is 0 Å². The Balaban J connectivity index is 1.91. The van der Waals surface area contributed by atoms with Gasteiger partial charge in [-0.05, 0) is 35.9 Å². The van der Waals surface area contributed by atoms with E-state index in [1.807, 2.05) is 30.3 Å². The molecular formula is C20H14Cl3NO4. The van der Waals surface area contributed by atoms with Crippen LogP contribution in [0.25, 0.3) is 0 Å². The lowest BCUT2D eigenvalue weighted by molar-refractivity contribution is -0.384. The van der Waals surface area contributed by atoms with E-state index in [-0.39, 0.29) is 21.5 Å². The summed E-state index contributed by atoms with van der Waals surface area (Å²) in [7, 11) is 1.59. The molecule has 144 valence electrons. The maximum Gasteiger partial charge on any atom is 0.272 e. The molecule has 8 heteroatoms. The molecule has 0 radical (unpaired) electrons. The van der Waals surface area contributed by atoms with Crippen LogP contribution in [0.2, 0.25) is 15.1 Å². The molecule has 0 spiro atoms. The zero-order valence-electron chi connectivity index (χ0n) is 14.6. The summed E-state index contributed by atoms with van der Waals surface area (Å²) in [5.74, 6) is 1.32. The van der Waals surface area contributed by atoms with Gasteiger partial charge in [-0.3, -0.25) is 10.1 Å². The fourth-order valence-electron chi connectivity index (χ4n) is 2.65. The van der Waals surface area contributed by atoms with Crippen LogP contribution in [0, 0.1) is 10.1 Å². The Kier molecular flexibility index (Phi) is 6.29. The quantitative estimate of drug-likeness (QED) is 0.309. The van der Waals surface area contributed by atoms with Gasteiger partial charge >= 0.3 is 0 Å². The maximum atomic E-state index is 10.9. The number of nitro benzene ring substituents is 1. The molecule has 0 aliphatic heterocycles. The molecule has 0 aliphatic rings. The molecule has 0 heterocycles. The topological polar surface area (TPSA) is 61.6 Å². The van der Waals surface area contributed by atoms with Crippen molar-refractivity contribution in [2.75, 3.05) is 7.11 Å². The lowest BCUT2D eigenvalue weighted by Crippen LogP contribution is -1.96. The van der Waals surface area contributed by atoms with Crippen molar-refractivity contribution in [1.82, 2.24) is 0 Å². The van der Waals surface area contributed by atoms with Crippen molar-refractivity contribution in [3.63, 3.8) is 0 Å². The van der Waals surface area contributed by atoms with Gasteiger partial charge < -0.3 is 9.47 Å². The Morgan fingerprint density at radius 2 is 1.61 bits per heavy atom. The van der Waals surface area contributed by atoms with E-state index < -0.39 is 4.92 Å². The molecule has 3 aromatic carbocycles. The average Bonchev–Trinajstić information content (AvgIpc) is 2.66. The molecule has 28 heavy (non-hydrogen) atoms. The van der Waals surface area contributed by atoms with Gasteiger partial charge in [-0.15, -0.1) is 0 Å². The Hall–Kier alpha value is -2.47. The summed E-state index contributed by atoms with van der Waals surface area (Å²) in [6, 6.07) is 15.2. The highest BCUT2D eigenvalue weighted by molar-refractivity contribution is 6.37. The Labute approximate surface area is 176 Å². The van der Waals surface area contributed by atoms with Crippen LogP contribution in [0.15, 0.2) is 54.6 Å². The molecule has 0 saturated heterocycles. The van der Waals surface area contributed by atoms with E-state index >= 15 is 0 Å². The van der Waals surface area contributed by atoms with Crippen molar-refractivity contribution >= 4 is 40.5 Å². The largest absolute Gasteiger partial charge is 0.496 e. The van der Waals surface area contributed by atoms with Crippen molar-refractivity contribution in [3.8, 4) is 17.2 Å². The van der Waals surface area contributed by atoms with Gasteiger partial charge in [-0.2, -0.15) is 0 Å². The monoisotopic (exact) mass is 437 g/mol. The molecule has 0 amide bonds. The first-order valence-corrected chi connectivity index (χ1v) is 9.23. The molecule has 3 rings (SSSR count). The lowest BCUT2D eigenvalue weighted by atomic mass is 10.0. The zero-order chi connectivity index (χ0) is 20.3. The second-order valence-corrected chi connectivity index (χ2v) is 7.13. The summed E-state index contributed by atoms with van der Waals surface area (Å²) < 4.78 is 11.2. The minimum Gasteiger partial charge on any atom is -0.496 e. The predicted molar refractivity (Wildman–Crippen MR) is 110 cm³/mol. The number of ether oxygens (including phenoxy) is 2. The molecule has 0 atom stereocenters. The van der Waals surface area contributed by atoms with E-state index in [0.29, 0.717) is 22.9 Å². The standard InChI is InChI=1S/C20H14Cl3NO4/c1-27-19-7-6-16(9-13(19)8-12-2-4-14(21)5-3-12)28-20-17(22)10-15(24(25)26)11-18(20)23/h2-7,9-11H,8H2,1H3. The van der Waals surface area contributed by atoms with Crippen LogP contribution >= 0.6 is 34.8 Å². The normalized spacial score (nSPS) is 10.6. The lowest BCUT2D eigenvalue weighted by Gasteiger charge is -2.13. The first kappa shape index (κ1) is 20.3. The van der Waals surface area contributed by atoms with Gasteiger partial charge in [0.25, 0.3) is 5.69 Å². The number of nitro groups is 1. The van der Waals surface area contributed by atoms with Gasteiger partial charge in [0.1, 0.15) is 11.5 Å². The fourth-order valence-corrected chi connectivity index (χ4v) is 3.32. The number of benzene rings is 3. The second kappa shape index (κ2) is 8.69. The summed E-state index contributed by atoms with van der Waals surface area (Å²) >= 11 is 18.2. The van der Waals surface area contributed by atoms with Crippen molar-refractivity contribution < 1.29 is 14.4 Å². The summed E-state index contributed by atoms with van der Waals surface area (Å²) in [6.07, 6.45) is 0.596. The SMILES string of the molecule is COc1ccc(Oc2c(Cl)cc([N+](=O)[O-])cc2Cl)cc1Cc1ccc(Cl)cc1. The van der Waals surface area contributed by atoms with Crippen LogP contribution in [0.5, 0.6) is 17.2 Å². The van der Waals surface area contributed by atoms with Gasteiger partial charge in [0.15, 0.2) is 5.75 Å². The maximum absolute atomic E-state index is 10.9. The number of hydrogen-bond acceptors (Lipinski definition) is 4. The minimum absolute atomic E-state index is 0.0502. The fraction of sp³-hybridized carbons (Fsp3) is 0.100. The first-order valence-electron chi connectivity index (χ1n) is 8.10. The molecule has 0 N–H and O–H groups in total. The third-order valence-electron chi connectivity index (χ3n) is 3.97. The van der Waals surface area contributed by atoms with E-state index in [4.69, 9.17) is 44.3 Å². The highest BCUT2D eigenvalue weighted by Crippen LogP contribution is 2.40. The zero-order valence-corrected chi connectivity index (χ0v) is 16.9. The average molecular weight is 439 g/mol. The van der Waals surface area contributed by atoms with E-state index in [1.165, 1.54) is 12.1 Å². The second-order valence-electron chi connectivity index (χ2n) is 5.87. The summed E-state index contributed by atoms with van der Waals surface area (Å²) in [4.78, 5) is 10.3. The Morgan fingerprint density at radius 3 is 2.18 bits per heavy atom. The summed E-state index contributed by atoms with van der Waals surface area (Å²) in [6.45, 7) is 0. The van der Waals surface area contributed by atoms with Crippen molar-refractivity contribution in [2.45, 2.75) is 6.42 Å². The van der Waals surface area contributed by atoms with Gasteiger partial charge in [0, 0.05) is 29.1 Å². The third-order valence-corrected chi connectivity index (χ3v) is 4.79. The minimum atomic E-state index is -0.570. The third kappa shape index (κ3) is 4.68. The molecule has 0 saturated carbocycles. The summed E-state index contributed by atoms with van der Waals surface area (Å²) in [5.41, 5.74) is 1.73. The van der Waals surface area contributed by atoms with E-state index in [1.54, 1.807) is 19.2 Å². The smallest absolute Gasteiger partial charge is 0.272 e. The molecule has 5 nitrogen and oxygen atoms in total. The molecule has 0 fully saturated rings. The molecular weight excluding hydrogens is 425 g/mol. The van der Waals surface area contributed by atoms with Crippen molar-refractivity contribution in [3.05, 3.63) is 90.9 Å². The number of halogens is 3. The van der Waals surface area contributed by atoms with E-state index in [2.05, 4.69) is 0 Å². The van der Waals surface area contributed by atoms with Gasteiger partial charge in [0.05, 0.1) is 22.1 Å². The summed E-state index contributed by atoms with van der Waals surface area (Å²) in [5, 5.41) is 11.7. The molecule has 0 unspecified atom stereocenters. The van der Waals surface area contributed by atoms with Crippen LogP contribution in [0.1, 0.15) is 11.1 Å². The van der Waals surface area contributed by atoms with Crippen molar-refractivity contribution in [2.24, 2.45) is 0 Å². The predicted octanol–water partition coefficient (Wildman–Crippen LogP) is 6.95. The number of rotatable bonds is 6. The number of methoxy groups -OCH3 is 1. The highest BCUT2D eigenvalue weighted by Gasteiger charge is 2.17. The van der Waals surface area contributed by atoms with Gasteiger partial charge in [0.2, 0.25) is 0 Å². The number of non-ortho nitro benzene ring substituents is 1. The van der Waals surface area contributed by atoms with Crippen LogP contribution in [-0.2, 0) is 6.42 Å². The Bertz CT molecular complexity index is 999. The van der Waals surface area contributed by atoms with Crippen LogP contribution in [0.4, 0.5) is 5.69 Å². The Morgan fingerprint density at radius 1 is 0.964 bits per heavy atom. The van der Waals surface area contributed by atoms with E-state index in [9.17, 15) is 10.1 Å². The van der Waals surface area contributed by atoms with Crippen LogP contribution < -0.4 is 9.47 Å².